The van der Waals surface area contributed by atoms with Crippen LogP contribution in [0.4, 0.5) is 0 Å². The zero-order valence-electron chi connectivity index (χ0n) is 14.8. The molecule has 0 saturated heterocycles. The molecular formula is C19H30N2O3. The van der Waals surface area contributed by atoms with Gasteiger partial charge in [-0.25, -0.2) is 0 Å². The Morgan fingerprint density at radius 3 is 2.46 bits per heavy atom. The number of benzene rings is 1. The normalized spacial score (nSPS) is 12.0. The van der Waals surface area contributed by atoms with Gasteiger partial charge in [0.25, 0.3) is 0 Å². The average Bonchev–Trinajstić information content (AvgIpc) is 2.55. The lowest BCUT2D eigenvalue weighted by molar-refractivity contribution is -0.129. The summed E-state index contributed by atoms with van der Waals surface area (Å²) in [5.41, 5.74) is 1.21. The van der Waals surface area contributed by atoms with Crippen LogP contribution in [0.2, 0.25) is 0 Å². The monoisotopic (exact) mass is 334 g/mol. The zero-order chi connectivity index (χ0) is 17.8. The minimum Gasteiger partial charge on any atom is -0.396 e. The summed E-state index contributed by atoms with van der Waals surface area (Å²) in [4.78, 5) is 24.3. The first-order valence-corrected chi connectivity index (χ1v) is 8.74. The maximum atomic E-state index is 12.2. The van der Waals surface area contributed by atoms with Crippen LogP contribution in [0.3, 0.4) is 0 Å². The summed E-state index contributed by atoms with van der Waals surface area (Å²) in [5, 5.41) is 14.4. The van der Waals surface area contributed by atoms with Gasteiger partial charge in [0.05, 0.1) is 0 Å². The number of nitrogens with one attached hydrogen (secondary N) is 2. The van der Waals surface area contributed by atoms with Crippen LogP contribution in [0, 0.1) is 5.92 Å². The maximum absolute atomic E-state index is 12.2. The van der Waals surface area contributed by atoms with Gasteiger partial charge in [0.1, 0.15) is 6.04 Å². The highest BCUT2D eigenvalue weighted by Gasteiger charge is 2.21. The highest BCUT2D eigenvalue weighted by Crippen LogP contribution is 2.07. The number of aryl methyl sites for hydroxylation is 1. The lowest BCUT2D eigenvalue weighted by atomic mass is 10.0. The number of carbonyl (C=O) groups is 2. The first-order chi connectivity index (χ1) is 11.5. The highest BCUT2D eigenvalue weighted by molar-refractivity contribution is 5.87. The standard InChI is InChI=1S/C19H30N2O3/c1-15(2)14-17(19(24)20-12-7-13-22)21-18(23)11-6-10-16-8-4-3-5-9-16/h3-5,8-9,15,17,22H,6-7,10-14H2,1-2H3,(H,20,24)(H,21,23)/t17-/m0/s1. The third-order valence-electron chi connectivity index (χ3n) is 3.71. The number of aliphatic hydroxyl groups excluding tert-OH is 1. The van der Waals surface area contributed by atoms with Gasteiger partial charge in [0.2, 0.25) is 11.8 Å². The van der Waals surface area contributed by atoms with Gasteiger partial charge in [0.15, 0.2) is 0 Å². The van der Waals surface area contributed by atoms with E-state index in [0.717, 1.165) is 12.8 Å². The Labute approximate surface area is 144 Å². The molecular weight excluding hydrogens is 304 g/mol. The van der Waals surface area contributed by atoms with Crippen LogP contribution in [0.1, 0.15) is 45.1 Å². The number of carbonyl (C=O) groups excluding carboxylic acids is 2. The highest BCUT2D eigenvalue weighted by atomic mass is 16.3. The molecule has 1 atom stereocenters. The van der Waals surface area contributed by atoms with Crippen molar-refractivity contribution in [2.45, 2.75) is 52.0 Å². The van der Waals surface area contributed by atoms with E-state index in [1.807, 2.05) is 44.2 Å². The van der Waals surface area contributed by atoms with Gasteiger partial charge >= 0.3 is 0 Å². The van der Waals surface area contributed by atoms with E-state index in [1.165, 1.54) is 5.56 Å². The summed E-state index contributed by atoms with van der Waals surface area (Å²) < 4.78 is 0. The molecule has 2 amide bonds. The van der Waals surface area contributed by atoms with Gasteiger partial charge in [-0.05, 0) is 37.2 Å². The third kappa shape index (κ3) is 8.67. The molecule has 0 aliphatic heterocycles. The molecule has 0 unspecified atom stereocenters. The fourth-order valence-corrected chi connectivity index (χ4v) is 2.48. The van der Waals surface area contributed by atoms with Crippen LogP contribution >= 0.6 is 0 Å². The fourth-order valence-electron chi connectivity index (χ4n) is 2.48. The van der Waals surface area contributed by atoms with Crippen molar-refractivity contribution in [3.8, 4) is 0 Å². The Bertz CT molecular complexity index is 489. The molecule has 5 heteroatoms. The van der Waals surface area contributed by atoms with Gasteiger partial charge in [-0.1, -0.05) is 44.2 Å². The molecule has 0 fully saturated rings. The van der Waals surface area contributed by atoms with Crippen molar-refractivity contribution in [2.75, 3.05) is 13.2 Å². The van der Waals surface area contributed by atoms with Gasteiger partial charge in [-0.15, -0.1) is 0 Å². The molecule has 3 N–H and O–H groups in total. The SMILES string of the molecule is CC(C)C[C@H](NC(=O)CCCc1ccccc1)C(=O)NCCCO. The Morgan fingerprint density at radius 2 is 1.83 bits per heavy atom. The quantitative estimate of drug-likeness (QED) is 0.542. The van der Waals surface area contributed by atoms with E-state index in [-0.39, 0.29) is 18.4 Å². The number of amides is 2. The van der Waals surface area contributed by atoms with E-state index in [2.05, 4.69) is 10.6 Å². The zero-order valence-corrected chi connectivity index (χ0v) is 14.8. The van der Waals surface area contributed by atoms with E-state index in [1.54, 1.807) is 0 Å². The van der Waals surface area contributed by atoms with Crippen LogP contribution in [0.25, 0.3) is 0 Å². The first kappa shape index (κ1) is 20.2. The lowest BCUT2D eigenvalue weighted by Crippen LogP contribution is -2.47. The third-order valence-corrected chi connectivity index (χ3v) is 3.71. The number of aliphatic hydroxyl groups is 1. The first-order valence-electron chi connectivity index (χ1n) is 8.74. The Hall–Kier alpha value is -1.88. The van der Waals surface area contributed by atoms with Crippen LogP contribution in [-0.4, -0.2) is 36.1 Å². The van der Waals surface area contributed by atoms with E-state index < -0.39 is 6.04 Å². The molecule has 0 saturated carbocycles. The summed E-state index contributed by atoms with van der Waals surface area (Å²) in [6, 6.07) is 9.55. The minimum atomic E-state index is -0.507. The number of hydrogen-bond acceptors (Lipinski definition) is 3. The smallest absolute Gasteiger partial charge is 0.242 e. The van der Waals surface area contributed by atoms with Gasteiger partial charge in [-0.2, -0.15) is 0 Å². The molecule has 1 aromatic rings. The average molecular weight is 334 g/mol. The van der Waals surface area contributed by atoms with Crippen molar-refractivity contribution in [1.29, 1.82) is 0 Å². The molecule has 0 aliphatic rings. The molecule has 0 bridgehead atoms. The van der Waals surface area contributed by atoms with Crippen LogP contribution < -0.4 is 10.6 Å². The second-order valence-electron chi connectivity index (χ2n) is 6.46. The van der Waals surface area contributed by atoms with E-state index >= 15 is 0 Å². The van der Waals surface area contributed by atoms with Crippen LogP contribution in [0.15, 0.2) is 30.3 Å². The molecule has 24 heavy (non-hydrogen) atoms. The lowest BCUT2D eigenvalue weighted by Gasteiger charge is -2.20. The Kier molecular flexibility index (Phi) is 9.77. The van der Waals surface area contributed by atoms with Gasteiger partial charge in [-0.3, -0.25) is 9.59 Å². The predicted molar refractivity (Wildman–Crippen MR) is 95.5 cm³/mol. The summed E-state index contributed by atoms with van der Waals surface area (Å²) in [7, 11) is 0. The molecule has 0 spiro atoms. The van der Waals surface area contributed by atoms with Crippen molar-refractivity contribution in [3.05, 3.63) is 35.9 Å². The van der Waals surface area contributed by atoms with Crippen molar-refractivity contribution in [2.24, 2.45) is 5.92 Å². The summed E-state index contributed by atoms with van der Waals surface area (Å²) in [6.45, 7) is 4.51. The molecule has 0 aliphatic carbocycles. The fraction of sp³-hybridized carbons (Fsp3) is 0.579. The second kappa shape index (κ2) is 11.6. The number of rotatable bonds is 11. The predicted octanol–water partition coefficient (Wildman–Crippen LogP) is 2.04. The molecule has 0 aromatic heterocycles. The van der Waals surface area contributed by atoms with Crippen LogP contribution in [0.5, 0.6) is 0 Å². The Morgan fingerprint density at radius 1 is 1.12 bits per heavy atom. The topological polar surface area (TPSA) is 78.4 Å². The van der Waals surface area contributed by atoms with E-state index in [4.69, 9.17) is 5.11 Å². The molecule has 1 rings (SSSR count). The van der Waals surface area contributed by atoms with E-state index in [0.29, 0.717) is 31.7 Å². The van der Waals surface area contributed by atoms with Gasteiger partial charge < -0.3 is 15.7 Å². The van der Waals surface area contributed by atoms with Crippen LogP contribution in [-0.2, 0) is 16.0 Å². The minimum absolute atomic E-state index is 0.0426. The molecule has 5 nitrogen and oxygen atoms in total. The molecule has 1 aromatic carbocycles. The van der Waals surface area contributed by atoms with Crippen molar-refractivity contribution >= 4 is 11.8 Å². The summed E-state index contributed by atoms with van der Waals surface area (Å²) in [5.74, 6) is 0.0469. The van der Waals surface area contributed by atoms with Gasteiger partial charge in [0, 0.05) is 19.6 Å². The molecule has 134 valence electrons. The second-order valence-corrected chi connectivity index (χ2v) is 6.46. The van der Waals surface area contributed by atoms with Crippen molar-refractivity contribution in [3.63, 3.8) is 0 Å². The summed E-state index contributed by atoms with van der Waals surface area (Å²) >= 11 is 0. The van der Waals surface area contributed by atoms with Crippen molar-refractivity contribution < 1.29 is 14.7 Å². The molecule has 0 radical (unpaired) electrons. The largest absolute Gasteiger partial charge is 0.396 e. The number of hydrogen-bond donors (Lipinski definition) is 3. The maximum Gasteiger partial charge on any atom is 0.242 e. The Balaban J connectivity index is 2.40. The summed E-state index contributed by atoms with van der Waals surface area (Å²) in [6.07, 6.45) is 3.15. The molecule has 0 heterocycles. The van der Waals surface area contributed by atoms with E-state index in [9.17, 15) is 9.59 Å². The van der Waals surface area contributed by atoms with Crippen molar-refractivity contribution in [1.82, 2.24) is 10.6 Å².